The van der Waals surface area contributed by atoms with Crippen molar-refractivity contribution in [2.75, 3.05) is 5.32 Å². The number of nitrogens with zero attached hydrogens (tertiary/aromatic N) is 5. The molecular formula is C23H16ClF3N6OS. The molecule has 0 fully saturated rings. The highest BCUT2D eigenvalue weighted by Gasteiger charge is 2.37. The molecule has 1 amide bonds. The number of aryl methyl sites for hydroxylation is 1. The number of alkyl halides is 3. The number of aromatic nitrogens is 5. The molecule has 0 saturated carbocycles. The van der Waals surface area contributed by atoms with Crippen molar-refractivity contribution in [1.82, 2.24) is 24.4 Å². The van der Waals surface area contributed by atoms with Crippen molar-refractivity contribution in [3.05, 3.63) is 87.6 Å². The van der Waals surface area contributed by atoms with E-state index in [1.54, 1.807) is 34.5 Å². The Bertz CT molecular complexity index is 1520. The van der Waals surface area contributed by atoms with Crippen LogP contribution in [-0.2, 0) is 12.7 Å². The number of thiophene rings is 1. The molecule has 0 aliphatic carbocycles. The minimum atomic E-state index is -4.74. The Kier molecular flexibility index (Phi) is 5.81. The summed E-state index contributed by atoms with van der Waals surface area (Å²) in [5, 5.41) is 12.1. The molecule has 0 saturated heterocycles. The fourth-order valence-electron chi connectivity index (χ4n) is 3.46. The van der Waals surface area contributed by atoms with Crippen molar-refractivity contribution in [2.45, 2.75) is 19.6 Å². The lowest BCUT2D eigenvalue weighted by Crippen LogP contribution is -2.16. The van der Waals surface area contributed by atoms with Gasteiger partial charge < -0.3 is 5.32 Å². The maximum atomic E-state index is 13.8. The lowest BCUT2D eigenvalue weighted by Gasteiger charge is -2.10. The topological polar surface area (TPSA) is 77.1 Å². The second kappa shape index (κ2) is 8.82. The lowest BCUT2D eigenvalue weighted by molar-refractivity contribution is -0.142. The van der Waals surface area contributed by atoms with E-state index in [4.69, 9.17) is 11.6 Å². The van der Waals surface area contributed by atoms with E-state index in [-0.39, 0.29) is 27.9 Å². The van der Waals surface area contributed by atoms with Gasteiger partial charge in [0.15, 0.2) is 22.9 Å². The van der Waals surface area contributed by atoms with E-state index < -0.39 is 17.8 Å². The first-order valence-electron chi connectivity index (χ1n) is 10.3. The Morgan fingerprint density at radius 1 is 1.14 bits per heavy atom. The van der Waals surface area contributed by atoms with Gasteiger partial charge in [0.2, 0.25) is 0 Å². The molecule has 7 nitrogen and oxygen atoms in total. The van der Waals surface area contributed by atoms with E-state index in [1.165, 1.54) is 11.3 Å². The van der Waals surface area contributed by atoms with Gasteiger partial charge in [-0.1, -0.05) is 47.5 Å². The third kappa shape index (κ3) is 4.64. The Morgan fingerprint density at radius 3 is 2.60 bits per heavy atom. The molecule has 1 N–H and O–H groups in total. The Morgan fingerprint density at radius 2 is 1.91 bits per heavy atom. The number of carbonyl (C=O) groups excluding carboxylic acids is 1. The second-order valence-corrected chi connectivity index (χ2v) is 9.06. The maximum absolute atomic E-state index is 13.8. The molecule has 4 aromatic heterocycles. The van der Waals surface area contributed by atoms with E-state index in [1.807, 2.05) is 31.2 Å². The zero-order valence-electron chi connectivity index (χ0n) is 18.0. The van der Waals surface area contributed by atoms with Crippen LogP contribution in [0.1, 0.15) is 27.3 Å². The largest absolute Gasteiger partial charge is 0.433 e. The fraction of sp³-hybridized carbons (Fsp3) is 0.130. The third-order valence-corrected chi connectivity index (χ3v) is 6.40. The predicted molar refractivity (Wildman–Crippen MR) is 127 cm³/mol. The van der Waals surface area contributed by atoms with Crippen molar-refractivity contribution in [3.63, 3.8) is 0 Å². The number of benzene rings is 1. The van der Waals surface area contributed by atoms with Gasteiger partial charge in [0.25, 0.3) is 5.91 Å². The summed E-state index contributed by atoms with van der Waals surface area (Å²) in [4.78, 5) is 17.6. The Balaban J connectivity index is 1.45. The average molecular weight is 517 g/mol. The van der Waals surface area contributed by atoms with Gasteiger partial charge in [-0.25, -0.2) is 9.50 Å². The molecule has 0 radical (unpaired) electrons. The average Bonchev–Trinajstić information content (AvgIpc) is 3.55. The Labute approximate surface area is 205 Å². The van der Waals surface area contributed by atoms with Crippen molar-refractivity contribution in [2.24, 2.45) is 0 Å². The van der Waals surface area contributed by atoms with Crippen molar-refractivity contribution in [1.29, 1.82) is 0 Å². The molecule has 4 heterocycles. The van der Waals surface area contributed by atoms with E-state index in [0.29, 0.717) is 15.9 Å². The summed E-state index contributed by atoms with van der Waals surface area (Å²) >= 11 is 7.54. The van der Waals surface area contributed by atoms with Gasteiger partial charge in [0.05, 0.1) is 17.1 Å². The molecule has 0 bridgehead atoms. The quantitative estimate of drug-likeness (QED) is 0.314. The molecule has 0 atom stereocenters. The first kappa shape index (κ1) is 23.1. The monoisotopic (exact) mass is 516 g/mol. The number of rotatable bonds is 5. The van der Waals surface area contributed by atoms with Crippen LogP contribution < -0.4 is 5.32 Å². The highest BCUT2D eigenvalue weighted by Crippen LogP contribution is 2.35. The molecule has 0 aliphatic rings. The number of nitrogens with one attached hydrogen (secondary N) is 1. The van der Waals surface area contributed by atoms with E-state index in [0.717, 1.165) is 17.2 Å². The summed E-state index contributed by atoms with van der Waals surface area (Å²) in [5.74, 6) is -0.592. The van der Waals surface area contributed by atoms with E-state index in [9.17, 15) is 18.0 Å². The minimum Gasteiger partial charge on any atom is -0.304 e. The van der Waals surface area contributed by atoms with Gasteiger partial charge in [0.1, 0.15) is 5.02 Å². The molecule has 0 unspecified atom stereocenters. The Hall–Kier alpha value is -3.70. The van der Waals surface area contributed by atoms with Gasteiger partial charge in [-0.2, -0.15) is 23.4 Å². The standard InChI is InChI=1S/C23H16ClF3N6OS/c1-13-4-6-14(7-5-13)12-32-9-8-18(30-32)29-22(34)20-19(24)21-28-15(16-3-2-10-35-16)11-17(23(25,26)27)33(21)31-20/h2-11H,12H2,1H3,(H,29,30,34). The number of hydrogen-bond acceptors (Lipinski definition) is 5. The zero-order valence-corrected chi connectivity index (χ0v) is 19.6. The molecule has 0 aliphatic heterocycles. The van der Waals surface area contributed by atoms with Crippen LogP contribution in [-0.4, -0.2) is 30.3 Å². The smallest absolute Gasteiger partial charge is 0.304 e. The van der Waals surface area contributed by atoms with Gasteiger partial charge in [-0.15, -0.1) is 11.3 Å². The van der Waals surface area contributed by atoms with Crippen molar-refractivity contribution >= 4 is 40.3 Å². The molecular weight excluding hydrogens is 501 g/mol. The van der Waals surface area contributed by atoms with Crippen LogP contribution in [0.5, 0.6) is 0 Å². The molecule has 12 heteroatoms. The third-order valence-electron chi connectivity index (χ3n) is 5.16. The molecule has 5 aromatic rings. The number of hydrogen-bond donors (Lipinski definition) is 1. The van der Waals surface area contributed by atoms with Gasteiger partial charge in [0, 0.05) is 12.3 Å². The first-order valence-corrected chi connectivity index (χ1v) is 11.6. The summed E-state index contributed by atoms with van der Waals surface area (Å²) in [7, 11) is 0. The predicted octanol–water partition coefficient (Wildman–Crippen LogP) is 5.94. The summed E-state index contributed by atoms with van der Waals surface area (Å²) in [6, 6.07) is 13.7. The number of amides is 1. The van der Waals surface area contributed by atoms with Crippen LogP contribution in [0.4, 0.5) is 19.0 Å². The number of carbonyl (C=O) groups is 1. The van der Waals surface area contributed by atoms with Crippen LogP contribution in [0.25, 0.3) is 16.2 Å². The van der Waals surface area contributed by atoms with Gasteiger partial charge in [-0.05, 0) is 30.0 Å². The molecule has 35 heavy (non-hydrogen) atoms. The summed E-state index contributed by atoms with van der Waals surface area (Å²) < 4.78 is 43.5. The summed E-state index contributed by atoms with van der Waals surface area (Å²) in [5.41, 5.74) is 0.503. The van der Waals surface area contributed by atoms with Crippen LogP contribution in [0.3, 0.4) is 0 Å². The lowest BCUT2D eigenvalue weighted by atomic mass is 10.1. The van der Waals surface area contributed by atoms with Crippen LogP contribution in [0, 0.1) is 6.92 Å². The van der Waals surface area contributed by atoms with Gasteiger partial charge in [-0.3, -0.25) is 9.48 Å². The van der Waals surface area contributed by atoms with Crippen molar-refractivity contribution in [3.8, 4) is 10.6 Å². The van der Waals surface area contributed by atoms with Crippen LogP contribution >= 0.6 is 22.9 Å². The molecule has 1 aromatic carbocycles. The van der Waals surface area contributed by atoms with Crippen LogP contribution in [0.2, 0.25) is 5.02 Å². The van der Waals surface area contributed by atoms with Crippen LogP contribution in [0.15, 0.2) is 60.1 Å². The zero-order chi connectivity index (χ0) is 24.7. The van der Waals surface area contributed by atoms with Gasteiger partial charge >= 0.3 is 6.18 Å². The highest BCUT2D eigenvalue weighted by molar-refractivity contribution is 7.13. The fourth-order valence-corrected chi connectivity index (χ4v) is 4.39. The molecule has 0 spiro atoms. The number of halogens is 4. The van der Waals surface area contributed by atoms with E-state index in [2.05, 4.69) is 20.5 Å². The maximum Gasteiger partial charge on any atom is 0.433 e. The molecule has 178 valence electrons. The second-order valence-electron chi connectivity index (χ2n) is 7.74. The number of anilines is 1. The van der Waals surface area contributed by atoms with E-state index >= 15 is 0 Å². The minimum absolute atomic E-state index is 0.0865. The number of fused-ring (bicyclic) bond motifs is 1. The first-order chi connectivity index (χ1) is 16.7. The summed E-state index contributed by atoms with van der Waals surface area (Å²) in [6.07, 6.45) is -3.07. The normalized spacial score (nSPS) is 11.8. The summed E-state index contributed by atoms with van der Waals surface area (Å²) in [6.45, 7) is 2.47. The molecule has 5 rings (SSSR count). The van der Waals surface area contributed by atoms with Crippen molar-refractivity contribution < 1.29 is 18.0 Å². The SMILES string of the molecule is Cc1ccc(Cn2ccc(NC(=O)c3nn4c(C(F)(F)F)cc(-c5cccs5)nc4c3Cl)n2)cc1. The highest BCUT2D eigenvalue weighted by atomic mass is 35.5.